The molecule has 28 valence electrons. The van der Waals surface area contributed by atoms with Crippen LogP contribution in [0.15, 0.2) is 0 Å². The van der Waals surface area contributed by atoms with E-state index in [1.807, 2.05) is 13.8 Å². The van der Waals surface area contributed by atoms with Crippen LogP contribution in [0.5, 0.6) is 0 Å². The Morgan fingerprint density at radius 2 is 1.25 bits per heavy atom. The first-order chi connectivity index (χ1) is 2.00. The maximum absolute atomic E-state index is 6.92. The number of hydrogen-bond acceptors (Lipinski definition) is 1. The summed E-state index contributed by atoms with van der Waals surface area (Å²) < 4.78 is 0. The summed E-state index contributed by atoms with van der Waals surface area (Å²) in [6.45, 7) is 4.00. The van der Waals surface area contributed by atoms with Crippen LogP contribution in [0.3, 0.4) is 0 Å². The Hall–Kier alpha value is 0.390. The summed E-state index contributed by atoms with van der Waals surface area (Å²) in [5, 5.41) is 0. The summed E-state index contributed by atoms with van der Waals surface area (Å²) in [5.41, 5.74) is 0. The second kappa shape index (κ2) is 127. The topological polar surface area (TPSA) is 20.2 Å². The van der Waals surface area contributed by atoms with E-state index in [0.29, 0.717) is 0 Å². The van der Waals surface area contributed by atoms with Crippen LogP contribution in [0.1, 0.15) is 13.8 Å². The summed E-state index contributed by atoms with van der Waals surface area (Å²) >= 11 is 0. The lowest BCUT2D eigenvalue weighted by Crippen LogP contribution is -0.868. The molecule has 0 heterocycles. The van der Waals surface area contributed by atoms with Crippen LogP contribution < -0.4 is 0 Å². The van der Waals surface area contributed by atoms with Gasteiger partial charge in [0.15, 0.2) is 0 Å². The SMILES string of the molecule is CC.OP. The molecule has 1 nitrogen and oxygen atoms in total. The maximum Gasteiger partial charge on any atom is -0.00391 e. The second-order valence-corrected chi connectivity index (χ2v) is 0. The van der Waals surface area contributed by atoms with Gasteiger partial charge in [0.05, 0.1) is 0 Å². The third kappa shape index (κ3) is 30.4. The average Bonchev–Trinajstić information content (AvgIpc) is 1.50. The lowest BCUT2D eigenvalue weighted by molar-refractivity contribution is 0.664. The van der Waals surface area contributed by atoms with Crippen molar-refractivity contribution in [3.8, 4) is 0 Å². The Morgan fingerprint density at radius 1 is 1.25 bits per heavy atom. The van der Waals surface area contributed by atoms with Gasteiger partial charge in [0.25, 0.3) is 0 Å². The normalized spacial score (nSPS) is 3.00. The van der Waals surface area contributed by atoms with E-state index in [1.54, 1.807) is 0 Å². The summed E-state index contributed by atoms with van der Waals surface area (Å²) in [6.07, 6.45) is 0. The monoisotopic (exact) mass is 80.0 g/mol. The van der Waals surface area contributed by atoms with Crippen LogP contribution in [-0.2, 0) is 0 Å². The molecule has 1 N–H and O–H groups in total. The Bertz CT molecular complexity index is 6.00. The lowest BCUT2D eigenvalue weighted by Gasteiger charge is -1.21. The average molecular weight is 80.1 g/mol. The van der Waals surface area contributed by atoms with E-state index < -0.39 is 0 Å². The minimum atomic E-state index is 1.42. The van der Waals surface area contributed by atoms with Crippen molar-refractivity contribution in [2.75, 3.05) is 0 Å². The fourth-order valence-electron chi connectivity index (χ4n) is 0. The van der Waals surface area contributed by atoms with Crippen LogP contribution in [0.2, 0.25) is 0 Å². The molecule has 0 spiro atoms. The van der Waals surface area contributed by atoms with Crippen LogP contribution in [0.25, 0.3) is 0 Å². The van der Waals surface area contributed by atoms with Gasteiger partial charge in [-0.15, -0.1) is 0 Å². The highest BCUT2D eigenvalue weighted by Gasteiger charge is 0.932. The zero-order valence-corrected chi connectivity index (χ0v) is 4.18. The molecule has 0 aromatic rings. The summed E-state index contributed by atoms with van der Waals surface area (Å²) in [7, 11) is 1.42. The van der Waals surface area contributed by atoms with Crippen LogP contribution in [0.4, 0.5) is 0 Å². The predicted octanol–water partition coefficient (Wildman–Crippen LogP) is 0.795. The van der Waals surface area contributed by atoms with E-state index in [2.05, 4.69) is 0 Å². The van der Waals surface area contributed by atoms with Gasteiger partial charge in [-0.1, -0.05) is 13.8 Å². The molecule has 4 heavy (non-hydrogen) atoms. The highest BCUT2D eigenvalue weighted by atomic mass is 31.0. The minimum Gasteiger partial charge on any atom is -0.380 e. The molecule has 0 radical (unpaired) electrons. The smallest absolute Gasteiger partial charge is 0.00391 e. The number of rotatable bonds is 0. The molecule has 0 saturated carbocycles. The molecule has 0 aliphatic heterocycles. The molecule has 0 aliphatic rings. The molecular formula is C2H9OP. The molecule has 1 atom stereocenters. The van der Waals surface area contributed by atoms with Gasteiger partial charge in [-0.2, -0.15) is 0 Å². The van der Waals surface area contributed by atoms with Gasteiger partial charge in [0.1, 0.15) is 0 Å². The van der Waals surface area contributed by atoms with Crippen molar-refractivity contribution in [1.82, 2.24) is 0 Å². The van der Waals surface area contributed by atoms with Crippen LogP contribution >= 0.6 is 9.47 Å². The molecule has 0 rings (SSSR count). The Labute approximate surface area is 29.3 Å². The Kier molecular flexibility index (Phi) is 281. The van der Waals surface area contributed by atoms with Gasteiger partial charge in [-0.25, -0.2) is 0 Å². The molecule has 0 aromatic heterocycles. The maximum atomic E-state index is 6.92. The van der Waals surface area contributed by atoms with E-state index in [4.69, 9.17) is 4.89 Å². The van der Waals surface area contributed by atoms with Gasteiger partial charge >= 0.3 is 0 Å². The van der Waals surface area contributed by atoms with Crippen molar-refractivity contribution in [3.05, 3.63) is 0 Å². The predicted molar refractivity (Wildman–Crippen MR) is 23.3 cm³/mol. The summed E-state index contributed by atoms with van der Waals surface area (Å²) in [4.78, 5) is 6.92. The molecule has 0 aromatic carbocycles. The molecule has 1 unspecified atom stereocenters. The molecule has 0 saturated heterocycles. The van der Waals surface area contributed by atoms with Gasteiger partial charge in [0.2, 0.25) is 0 Å². The standard InChI is InChI=1S/C2H6.H3OP/c2*1-2/h1-2H3;1H,2H2. The van der Waals surface area contributed by atoms with E-state index >= 15 is 0 Å². The molecular weight excluding hydrogens is 71.0 g/mol. The van der Waals surface area contributed by atoms with Gasteiger partial charge in [-0.3, -0.25) is 0 Å². The molecule has 2 heteroatoms. The van der Waals surface area contributed by atoms with E-state index in [9.17, 15) is 0 Å². The Morgan fingerprint density at radius 3 is 1.25 bits per heavy atom. The van der Waals surface area contributed by atoms with Crippen LogP contribution in [-0.4, -0.2) is 4.89 Å². The van der Waals surface area contributed by atoms with E-state index in [1.165, 1.54) is 9.47 Å². The van der Waals surface area contributed by atoms with Crippen molar-refractivity contribution in [1.29, 1.82) is 0 Å². The second-order valence-electron chi connectivity index (χ2n) is 0. The molecule has 0 aliphatic carbocycles. The minimum absolute atomic E-state index is 1.42. The quantitative estimate of drug-likeness (QED) is 0.426. The van der Waals surface area contributed by atoms with Crippen LogP contribution in [0, 0.1) is 0 Å². The van der Waals surface area contributed by atoms with Crippen molar-refractivity contribution in [3.63, 3.8) is 0 Å². The van der Waals surface area contributed by atoms with E-state index in [-0.39, 0.29) is 0 Å². The van der Waals surface area contributed by atoms with E-state index in [0.717, 1.165) is 0 Å². The van der Waals surface area contributed by atoms with Crippen molar-refractivity contribution >= 4 is 9.47 Å². The number of hydrogen-bond donors (Lipinski definition) is 1. The third-order valence-corrected chi connectivity index (χ3v) is 0. The summed E-state index contributed by atoms with van der Waals surface area (Å²) in [5.74, 6) is 0. The molecule has 0 fully saturated rings. The fourth-order valence-corrected chi connectivity index (χ4v) is 0. The van der Waals surface area contributed by atoms with Gasteiger partial charge in [-0.05, 0) is 9.47 Å². The largest absolute Gasteiger partial charge is 0.380 e. The first-order valence-electron chi connectivity index (χ1n) is 1.26. The molecule has 0 bridgehead atoms. The first kappa shape index (κ1) is 8.83. The first-order valence-corrected chi connectivity index (χ1v) is 1.77. The highest BCUT2D eigenvalue weighted by molar-refractivity contribution is 7.08. The van der Waals surface area contributed by atoms with Gasteiger partial charge < -0.3 is 4.89 Å². The third-order valence-electron chi connectivity index (χ3n) is 0. The Balaban J connectivity index is 0. The zero-order valence-electron chi connectivity index (χ0n) is 3.02. The molecule has 0 amide bonds. The highest BCUT2D eigenvalue weighted by Crippen LogP contribution is 1.44. The summed E-state index contributed by atoms with van der Waals surface area (Å²) in [6, 6.07) is 0. The van der Waals surface area contributed by atoms with Gasteiger partial charge in [0, 0.05) is 0 Å². The van der Waals surface area contributed by atoms with Crippen molar-refractivity contribution in [2.24, 2.45) is 0 Å². The fraction of sp³-hybridized carbons (Fsp3) is 1.00. The van der Waals surface area contributed by atoms with Crippen molar-refractivity contribution in [2.45, 2.75) is 13.8 Å². The zero-order chi connectivity index (χ0) is 4.00. The lowest BCUT2D eigenvalue weighted by atomic mass is 11.0. The van der Waals surface area contributed by atoms with Crippen molar-refractivity contribution < 1.29 is 4.89 Å².